The standard InChI is InChI=1S/C21H27NO.C2H6/c1-7-20(15-23)22(6)14-10-12-19-11-8-9-13-21(19)18(5)17(4)16(2)3;1-2/h7-16,23H,1,4H2,2-3,5-6H3;1-2H3/b14-10+,19-12-,20-15-,21-18+;. The highest BCUT2D eigenvalue weighted by Gasteiger charge is 2.03. The van der Waals surface area contributed by atoms with Gasteiger partial charge >= 0.3 is 0 Å². The topological polar surface area (TPSA) is 23.5 Å². The number of aliphatic hydroxyl groups is 1. The van der Waals surface area contributed by atoms with Gasteiger partial charge in [0.05, 0.1) is 5.70 Å². The Hall–Kier alpha value is -2.48. The van der Waals surface area contributed by atoms with Crippen LogP contribution in [0.25, 0.3) is 11.6 Å². The lowest BCUT2D eigenvalue weighted by Crippen LogP contribution is -2.26. The number of aliphatic hydroxyl groups excluding tert-OH is 1. The molecule has 0 aliphatic carbocycles. The first-order valence-corrected chi connectivity index (χ1v) is 8.75. The SMILES string of the molecule is C=C/C(=C/O)N(C)/C=C/C=c1/cccc/c1=C(/C)C(=C)C(C)C.CC. The van der Waals surface area contributed by atoms with Crippen molar-refractivity contribution in [3.63, 3.8) is 0 Å². The number of rotatable bonds is 6. The normalized spacial score (nSPS) is 13.4. The van der Waals surface area contributed by atoms with E-state index < -0.39 is 0 Å². The molecule has 0 aromatic heterocycles. The van der Waals surface area contributed by atoms with Gasteiger partial charge < -0.3 is 10.0 Å². The van der Waals surface area contributed by atoms with Gasteiger partial charge in [-0.2, -0.15) is 0 Å². The summed E-state index contributed by atoms with van der Waals surface area (Å²) in [5.74, 6) is 0.426. The summed E-state index contributed by atoms with van der Waals surface area (Å²) < 4.78 is 0. The molecule has 0 spiro atoms. The quantitative estimate of drug-likeness (QED) is 0.588. The lowest BCUT2D eigenvalue weighted by molar-refractivity contribution is 0.442. The Kier molecular flexibility index (Phi) is 10.8. The molecular weight excluding hydrogens is 306 g/mol. The van der Waals surface area contributed by atoms with Gasteiger partial charge in [0.25, 0.3) is 0 Å². The summed E-state index contributed by atoms with van der Waals surface area (Å²) in [6, 6.07) is 8.28. The van der Waals surface area contributed by atoms with Gasteiger partial charge in [0, 0.05) is 13.2 Å². The molecule has 0 heterocycles. The second-order valence-electron chi connectivity index (χ2n) is 5.77. The average molecular weight is 340 g/mol. The van der Waals surface area contributed by atoms with Gasteiger partial charge in [-0.05, 0) is 46.6 Å². The number of allylic oxidation sites excluding steroid dienone is 3. The Balaban J connectivity index is 0.00000277. The minimum atomic E-state index is 0.426. The molecule has 2 nitrogen and oxygen atoms in total. The van der Waals surface area contributed by atoms with Crippen molar-refractivity contribution in [1.82, 2.24) is 4.90 Å². The number of hydrogen-bond acceptors (Lipinski definition) is 2. The summed E-state index contributed by atoms with van der Waals surface area (Å²) in [6.45, 7) is 18.3. The summed E-state index contributed by atoms with van der Waals surface area (Å²) in [7, 11) is 1.86. The van der Waals surface area contributed by atoms with E-state index >= 15 is 0 Å². The van der Waals surface area contributed by atoms with Crippen LogP contribution in [-0.4, -0.2) is 17.1 Å². The van der Waals surface area contributed by atoms with Gasteiger partial charge in [-0.15, -0.1) is 0 Å². The minimum absolute atomic E-state index is 0.426. The lowest BCUT2D eigenvalue weighted by atomic mass is 9.95. The van der Waals surface area contributed by atoms with Crippen LogP contribution in [0.3, 0.4) is 0 Å². The fraction of sp³-hybridized carbons (Fsp3) is 0.304. The molecule has 25 heavy (non-hydrogen) atoms. The van der Waals surface area contributed by atoms with E-state index in [0.29, 0.717) is 11.6 Å². The fourth-order valence-electron chi connectivity index (χ4n) is 2.24. The molecule has 1 N–H and O–H groups in total. The molecule has 1 aromatic rings. The fourth-order valence-corrected chi connectivity index (χ4v) is 2.24. The van der Waals surface area contributed by atoms with Crippen molar-refractivity contribution >= 4 is 11.6 Å². The molecule has 136 valence electrons. The van der Waals surface area contributed by atoms with Crippen molar-refractivity contribution in [2.45, 2.75) is 34.6 Å². The van der Waals surface area contributed by atoms with Crippen molar-refractivity contribution in [2.75, 3.05) is 7.05 Å². The molecule has 2 heteroatoms. The van der Waals surface area contributed by atoms with Crippen molar-refractivity contribution < 1.29 is 5.11 Å². The third-order valence-corrected chi connectivity index (χ3v) is 3.88. The zero-order valence-electron chi connectivity index (χ0n) is 16.6. The van der Waals surface area contributed by atoms with E-state index in [0.717, 1.165) is 17.1 Å². The summed E-state index contributed by atoms with van der Waals surface area (Å²) in [5, 5.41) is 11.4. The molecule has 0 amide bonds. The first kappa shape index (κ1) is 22.5. The van der Waals surface area contributed by atoms with Gasteiger partial charge in [0.2, 0.25) is 0 Å². The maximum Gasteiger partial charge on any atom is 0.103 e. The highest BCUT2D eigenvalue weighted by molar-refractivity contribution is 5.62. The average Bonchev–Trinajstić information content (AvgIpc) is 2.63. The van der Waals surface area contributed by atoms with Gasteiger partial charge in [-0.1, -0.05) is 71.2 Å². The molecule has 0 aliphatic rings. The highest BCUT2D eigenvalue weighted by Crippen LogP contribution is 2.15. The van der Waals surface area contributed by atoms with Crippen LogP contribution >= 0.6 is 0 Å². The van der Waals surface area contributed by atoms with E-state index in [1.165, 1.54) is 10.8 Å². The van der Waals surface area contributed by atoms with E-state index in [9.17, 15) is 0 Å². The Bertz CT molecular complexity index is 736. The zero-order valence-corrected chi connectivity index (χ0v) is 16.6. The van der Waals surface area contributed by atoms with Crippen molar-refractivity contribution in [3.05, 3.63) is 83.7 Å². The third kappa shape index (κ3) is 6.88. The molecule has 0 saturated heterocycles. The van der Waals surface area contributed by atoms with Gasteiger partial charge in [-0.3, -0.25) is 0 Å². The van der Waals surface area contributed by atoms with E-state index in [-0.39, 0.29) is 0 Å². The molecule has 1 rings (SSSR count). The third-order valence-electron chi connectivity index (χ3n) is 3.88. The molecule has 0 aliphatic heterocycles. The van der Waals surface area contributed by atoms with Crippen LogP contribution in [-0.2, 0) is 0 Å². The Morgan fingerprint density at radius 2 is 1.80 bits per heavy atom. The number of hydrogen-bond donors (Lipinski definition) is 1. The van der Waals surface area contributed by atoms with Crippen LogP contribution in [0.2, 0.25) is 0 Å². The Morgan fingerprint density at radius 1 is 1.20 bits per heavy atom. The van der Waals surface area contributed by atoms with Crippen LogP contribution in [0.4, 0.5) is 0 Å². The van der Waals surface area contributed by atoms with Crippen molar-refractivity contribution in [1.29, 1.82) is 0 Å². The molecule has 0 bridgehead atoms. The predicted molar refractivity (Wildman–Crippen MR) is 112 cm³/mol. The maximum absolute atomic E-state index is 9.11. The number of likely N-dealkylation sites (N-methyl/N-ethyl adjacent to an activating group) is 1. The molecule has 0 saturated carbocycles. The summed E-state index contributed by atoms with van der Waals surface area (Å²) in [5.41, 5.74) is 3.01. The first-order valence-electron chi connectivity index (χ1n) is 8.75. The summed E-state index contributed by atoms with van der Waals surface area (Å²) in [4.78, 5) is 1.80. The van der Waals surface area contributed by atoms with Gasteiger partial charge in [0.15, 0.2) is 0 Å². The molecular formula is C23H33NO. The Labute approximate surface area is 153 Å². The van der Waals surface area contributed by atoms with Crippen LogP contribution in [0, 0.1) is 5.92 Å². The predicted octanol–water partition coefficient (Wildman–Crippen LogP) is 4.91. The second-order valence-corrected chi connectivity index (χ2v) is 5.77. The van der Waals surface area contributed by atoms with Crippen molar-refractivity contribution in [2.24, 2.45) is 5.92 Å². The second kappa shape index (κ2) is 12.0. The molecule has 0 radical (unpaired) electrons. The molecule has 1 aromatic carbocycles. The van der Waals surface area contributed by atoms with Gasteiger partial charge in [0.1, 0.15) is 6.26 Å². The van der Waals surface area contributed by atoms with E-state index in [4.69, 9.17) is 5.11 Å². The van der Waals surface area contributed by atoms with Crippen molar-refractivity contribution in [3.8, 4) is 0 Å². The van der Waals surface area contributed by atoms with Crippen LogP contribution in [0.1, 0.15) is 34.6 Å². The van der Waals surface area contributed by atoms with Crippen LogP contribution in [0.5, 0.6) is 0 Å². The Morgan fingerprint density at radius 3 is 2.32 bits per heavy atom. The van der Waals surface area contributed by atoms with Crippen LogP contribution in [0.15, 0.2) is 73.3 Å². The monoisotopic (exact) mass is 339 g/mol. The molecule has 0 atom stereocenters. The molecule has 0 unspecified atom stereocenters. The highest BCUT2D eigenvalue weighted by atomic mass is 16.2. The van der Waals surface area contributed by atoms with Crippen LogP contribution < -0.4 is 10.4 Å². The lowest BCUT2D eigenvalue weighted by Gasteiger charge is -2.12. The maximum atomic E-state index is 9.11. The number of nitrogens with zero attached hydrogens (tertiary/aromatic N) is 1. The first-order chi connectivity index (χ1) is 11.9. The number of benzene rings is 1. The van der Waals surface area contributed by atoms with Gasteiger partial charge in [-0.25, -0.2) is 0 Å². The van der Waals surface area contributed by atoms with E-state index in [1.54, 1.807) is 11.0 Å². The van der Waals surface area contributed by atoms with E-state index in [1.807, 2.05) is 45.3 Å². The minimum Gasteiger partial charge on any atom is -0.513 e. The zero-order chi connectivity index (χ0) is 19.4. The molecule has 0 fully saturated rings. The van der Waals surface area contributed by atoms with E-state index in [2.05, 4.69) is 52.1 Å². The summed E-state index contributed by atoms with van der Waals surface area (Å²) >= 11 is 0. The largest absolute Gasteiger partial charge is 0.513 e. The summed E-state index contributed by atoms with van der Waals surface area (Å²) in [6.07, 6.45) is 8.53. The smallest absolute Gasteiger partial charge is 0.103 e.